The lowest BCUT2D eigenvalue weighted by atomic mass is 10.0. The highest BCUT2D eigenvalue weighted by Gasteiger charge is 2.19. The van der Waals surface area contributed by atoms with Gasteiger partial charge in [-0.05, 0) is 34.7 Å². The van der Waals surface area contributed by atoms with Crippen molar-refractivity contribution in [1.82, 2.24) is 9.97 Å². The number of fused-ring (bicyclic) bond motifs is 1. The number of aromatic nitrogens is 2. The van der Waals surface area contributed by atoms with Crippen LogP contribution in [0, 0.1) is 0 Å². The largest absolute Gasteiger partial charge is 0.478 e. The Balaban J connectivity index is 2.23. The van der Waals surface area contributed by atoms with E-state index < -0.39 is 5.97 Å². The third-order valence-electron chi connectivity index (χ3n) is 2.91. The Labute approximate surface area is 129 Å². The predicted octanol–water partition coefficient (Wildman–Crippen LogP) is 4.13. The summed E-state index contributed by atoms with van der Waals surface area (Å²) in [6.45, 7) is 0. The van der Waals surface area contributed by atoms with Gasteiger partial charge in [0.2, 0.25) is 0 Å². The van der Waals surface area contributed by atoms with E-state index in [1.807, 2.05) is 12.1 Å². The molecule has 0 unspecified atom stereocenters. The molecule has 0 bridgehead atoms. The number of benzene rings is 2. The SMILES string of the molecule is O=C(O)c1c(Sc2ncccn2)c(Cl)cc2ccccc12. The van der Waals surface area contributed by atoms with E-state index in [0.717, 1.165) is 17.1 Å². The Hall–Kier alpha value is -2.11. The maximum Gasteiger partial charge on any atom is 0.337 e. The first-order valence-electron chi connectivity index (χ1n) is 6.06. The molecule has 1 N–H and O–H groups in total. The molecule has 4 nitrogen and oxygen atoms in total. The van der Waals surface area contributed by atoms with Gasteiger partial charge in [0.1, 0.15) is 0 Å². The van der Waals surface area contributed by atoms with E-state index in [1.54, 1.807) is 36.7 Å². The van der Waals surface area contributed by atoms with Crippen LogP contribution in [0.15, 0.2) is 58.8 Å². The van der Waals surface area contributed by atoms with Crippen molar-refractivity contribution >= 4 is 40.1 Å². The van der Waals surface area contributed by atoms with Crippen LogP contribution in [-0.2, 0) is 0 Å². The van der Waals surface area contributed by atoms with Crippen molar-refractivity contribution in [3.63, 3.8) is 0 Å². The fraction of sp³-hybridized carbons (Fsp3) is 0. The van der Waals surface area contributed by atoms with E-state index in [1.165, 1.54) is 0 Å². The van der Waals surface area contributed by atoms with Crippen molar-refractivity contribution in [1.29, 1.82) is 0 Å². The summed E-state index contributed by atoms with van der Waals surface area (Å²) in [5.41, 5.74) is 0.176. The monoisotopic (exact) mass is 316 g/mol. The minimum absolute atomic E-state index is 0.176. The third kappa shape index (κ3) is 2.70. The van der Waals surface area contributed by atoms with Crippen molar-refractivity contribution in [3.8, 4) is 0 Å². The van der Waals surface area contributed by atoms with E-state index in [4.69, 9.17) is 11.6 Å². The zero-order valence-corrected chi connectivity index (χ0v) is 12.2. The van der Waals surface area contributed by atoms with E-state index in [2.05, 4.69) is 9.97 Å². The molecule has 21 heavy (non-hydrogen) atoms. The zero-order chi connectivity index (χ0) is 14.8. The molecule has 3 aromatic rings. The van der Waals surface area contributed by atoms with E-state index in [-0.39, 0.29) is 5.56 Å². The topological polar surface area (TPSA) is 63.1 Å². The van der Waals surface area contributed by atoms with Crippen molar-refractivity contribution in [3.05, 3.63) is 59.4 Å². The molecule has 2 aromatic carbocycles. The van der Waals surface area contributed by atoms with Crippen molar-refractivity contribution in [2.24, 2.45) is 0 Å². The Bertz CT molecular complexity index is 825. The summed E-state index contributed by atoms with van der Waals surface area (Å²) < 4.78 is 0. The molecule has 0 spiro atoms. The van der Waals surface area contributed by atoms with Gasteiger partial charge < -0.3 is 5.11 Å². The van der Waals surface area contributed by atoms with Crippen molar-refractivity contribution in [2.45, 2.75) is 10.1 Å². The average Bonchev–Trinajstić information content (AvgIpc) is 2.48. The summed E-state index contributed by atoms with van der Waals surface area (Å²) >= 11 is 7.41. The van der Waals surface area contributed by atoms with Gasteiger partial charge in [0.05, 0.1) is 10.6 Å². The molecule has 6 heteroatoms. The number of carbonyl (C=O) groups is 1. The molecule has 0 amide bonds. The molecule has 1 heterocycles. The lowest BCUT2D eigenvalue weighted by Gasteiger charge is -2.10. The van der Waals surface area contributed by atoms with E-state index in [9.17, 15) is 9.90 Å². The van der Waals surface area contributed by atoms with Gasteiger partial charge in [-0.15, -0.1) is 0 Å². The summed E-state index contributed by atoms with van der Waals surface area (Å²) in [6.07, 6.45) is 3.20. The molecule has 0 aliphatic carbocycles. The van der Waals surface area contributed by atoms with E-state index >= 15 is 0 Å². The van der Waals surface area contributed by atoms with Crippen LogP contribution < -0.4 is 0 Å². The van der Waals surface area contributed by atoms with Crippen molar-refractivity contribution < 1.29 is 9.90 Å². The number of rotatable bonds is 3. The lowest BCUT2D eigenvalue weighted by Crippen LogP contribution is -2.01. The average molecular weight is 317 g/mol. The maximum absolute atomic E-state index is 11.7. The van der Waals surface area contributed by atoms with Gasteiger partial charge in [0.15, 0.2) is 5.16 Å². The number of hydrogen-bond donors (Lipinski definition) is 1. The highest BCUT2D eigenvalue weighted by Crippen LogP contribution is 2.38. The fourth-order valence-electron chi connectivity index (χ4n) is 2.04. The Morgan fingerprint density at radius 2 is 1.86 bits per heavy atom. The van der Waals surface area contributed by atoms with Gasteiger partial charge in [-0.25, -0.2) is 14.8 Å². The molecule has 104 valence electrons. The standard InChI is InChI=1S/C15H9ClN2O2S/c16-11-8-9-4-1-2-5-10(9)12(14(19)20)13(11)21-15-17-6-3-7-18-15/h1-8H,(H,19,20). The first-order valence-corrected chi connectivity index (χ1v) is 7.25. The van der Waals surface area contributed by atoms with Crippen LogP contribution in [-0.4, -0.2) is 21.0 Å². The van der Waals surface area contributed by atoms with Gasteiger partial charge in [0, 0.05) is 17.3 Å². The molecule has 0 aliphatic heterocycles. The highest BCUT2D eigenvalue weighted by atomic mass is 35.5. The Morgan fingerprint density at radius 3 is 2.57 bits per heavy atom. The minimum atomic E-state index is -1.02. The Morgan fingerprint density at radius 1 is 1.14 bits per heavy atom. The molecule has 0 saturated heterocycles. The highest BCUT2D eigenvalue weighted by molar-refractivity contribution is 7.99. The summed E-state index contributed by atoms with van der Waals surface area (Å²) in [6, 6.07) is 10.7. The second-order valence-electron chi connectivity index (χ2n) is 4.22. The zero-order valence-electron chi connectivity index (χ0n) is 10.7. The molecule has 0 aliphatic rings. The van der Waals surface area contributed by atoms with Crippen LogP contribution in [0.25, 0.3) is 10.8 Å². The number of hydrogen-bond acceptors (Lipinski definition) is 4. The predicted molar refractivity (Wildman–Crippen MR) is 82.1 cm³/mol. The molecule has 1 aromatic heterocycles. The number of carboxylic acid groups (broad SMARTS) is 1. The van der Waals surface area contributed by atoms with Crippen LogP contribution in [0.1, 0.15) is 10.4 Å². The van der Waals surface area contributed by atoms with Crippen LogP contribution in [0.5, 0.6) is 0 Å². The summed E-state index contributed by atoms with van der Waals surface area (Å²) in [5, 5.41) is 11.8. The van der Waals surface area contributed by atoms with Crippen molar-refractivity contribution in [2.75, 3.05) is 0 Å². The molecule has 3 rings (SSSR count). The summed E-state index contributed by atoms with van der Waals surface area (Å²) in [7, 11) is 0. The first-order chi connectivity index (χ1) is 10.2. The van der Waals surface area contributed by atoms with Crippen LogP contribution in [0.2, 0.25) is 5.02 Å². The third-order valence-corrected chi connectivity index (χ3v) is 4.34. The van der Waals surface area contributed by atoms with Gasteiger partial charge in [0.25, 0.3) is 0 Å². The van der Waals surface area contributed by atoms with Crippen LogP contribution >= 0.6 is 23.4 Å². The van der Waals surface area contributed by atoms with Crippen LogP contribution in [0.4, 0.5) is 0 Å². The molecular weight excluding hydrogens is 308 g/mol. The van der Waals surface area contributed by atoms with Gasteiger partial charge in [-0.2, -0.15) is 0 Å². The summed E-state index contributed by atoms with van der Waals surface area (Å²) in [4.78, 5) is 20.3. The van der Waals surface area contributed by atoms with Gasteiger partial charge in [-0.3, -0.25) is 0 Å². The first kappa shape index (κ1) is 13.9. The van der Waals surface area contributed by atoms with E-state index in [0.29, 0.717) is 20.5 Å². The maximum atomic E-state index is 11.7. The second kappa shape index (κ2) is 5.71. The lowest BCUT2D eigenvalue weighted by molar-refractivity contribution is 0.0695. The molecule has 0 fully saturated rings. The molecule has 0 saturated carbocycles. The Kier molecular flexibility index (Phi) is 3.77. The normalized spacial score (nSPS) is 10.7. The summed E-state index contributed by atoms with van der Waals surface area (Å²) in [5.74, 6) is -1.02. The molecular formula is C15H9ClN2O2S. The van der Waals surface area contributed by atoms with Crippen LogP contribution in [0.3, 0.4) is 0 Å². The number of carboxylic acids is 1. The molecule has 0 radical (unpaired) electrons. The molecule has 0 atom stereocenters. The van der Waals surface area contributed by atoms with Gasteiger partial charge >= 0.3 is 5.97 Å². The second-order valence-corrected chi connectivity index (χ2v) is 5.61. The number of nitrogens with zero attached hydrogens (tertiary/aromatic N) is 2. The number of aromatic carboxylic acids is 1. The van der Waals surface area contributed by atoms with Gasteiger partial charge in [-0.1, -0.05) is 35.9 Å². The number of halogens is 1. The quantitative estimate of drug-likeness (QED) is 0.736. The smallest absolute Gasteiger partial charge is 0.337 e. The fourth-order valence-corrected chi connectivity index (χ4v) is 3.23. The minimum Gasteiger partial charge on any atom is -0.478 e.